The number of ether oxygens (including phenoxy) is 3. The second-order valence-electron chi connectivity index (χ2n) is 13.3. The van der Waals surface area contributed by atoms with Crippen LogP contribution in [0.3, 0.4) is 0 Å². The highest BCUT2D eigenvalue weighted by Gasteiger charge is 2.47. The monoisotopic (exact) mass is 730 g/mol. The lowest BCUT2D eigenvalue weighted by molar-refractivity contribution is -0.157. The van der Waals surface area contributed by atoms with Crippen LogP contribution in [0.4, 0.5) is 22.2 Å². The molecule has 14 nitrogen and oxygen atoms in total. The number of hydrogen-bond acceptors (Lipinski definition) is 13. The van der Waals surface area contributed by atoms with E-state index in [1.807, 2.05) is 48.5 Å². The van der Waals surface area contributed by atoms with Gasteiger partial charge < -0.3 is 24.2 Å². The van der Waals surface area contributed by atoms with Gasteiger partial charge in [-0.3, -0.25) is 14.4 Å². The number of nitrogens with zero attached hydrogens (tertiary/aromatic N) is 6. The van der Waals surface area contributed by atoms with E-state index in [2.05, 4.69) is 15.0 Å². The number of carbonyl (C=O) groups is 2. The molecule has 264 valence electrons. The van der Waals surface area contributed by atoms with Crippen molar-refractivity contribution in [1.82, 2.24) is 14.5 Å². The molecule has 16 heteroatoms. The molecule has 2 aromatic carbocycles. The first-order valence-corrected chi connectivity index (χ1v) is 17.7. The zero-order valence-electron chi connectivity index (χ0n) is 28.4. The minimum Gasteiger partial charge on any atom is -0.448 e. The van der Waals surface area contributed by atoms with Crippen molar-refractivity contribution < 1.29 is 28.9 Å². The summed E-state index contributed by atoms with van der Waals surface area (Å²) in [6.07, 6.45) is -1.76. The van der Waals surface area contributed by atoms with Gasteiger partial charge in [-0.15, -0.1) is 0 Å². The standard InChI is InChI=1S/C35H34N6O8S2/c1-35(2,3)31(44)48-17-40-29(43)25-28(38-32(40)36-16-39(4)5)41(30-24(37-25)27-26(23(14-42)49-30)50-34(46)51-27)33(45)47-15-22-20-12-8-6-10-18(20)19-11-7-9-13-21(19)22/h6-13,16,22-23,30,42H,14-15,17H2,1-5H3/b36-16+/t23-,30+/m1/s1. The molecular formula is C35H34N6O8S2. The fourth-order valence-corrected chi connectivity index (χ4v) is 8.30. The van der Waals surface area contributed by atoms with Crippen LogP contribution in [0, 0.1) is 5.41 Å². The zero-order valence-corrected chi connectivity index (χ0v) is 30.0. The number of amides is 1. The number of esters is 1. The van der Waals surface area contributed by atoms with Crippen molar-refractivity contribution in [1.29, 1.82) is 0 Å². The summed E-state index contributed by atoms with van der Waals surface area (Å²) in [5.74, 6) is -1.23. The van der Waals surface area contributed by atoms with Crippen molar-refractivity contribution in [2.45, 2.75) is 45.8 Å². The van der Waals surface area contributed by atoms with Crippen LogP contribution in [-0.2, 0) is 25.7 Å². The van der Waals surface area contributed by atoms with Crippen molar-refractivity contribution in [2.75, 3.05) is 32.2 Å². The van der Waals surface area contributed by atoms with Gasteiger partial charge in [0.15, 0.2) is 24.5 Å². The molecular weight excluding hydrogens is 697 g/mol. The molecule has 2 atom stereocenters. The Morgan fingerprint density at radius 3 is 2.33 bits per heavy atom. The number of hydrogen-bond donors (Lipinski definition) is 1. The summed E-state index contributed by atoms with van der Waals surface area (Å²) in [6.45, 7) is 3.97. The predicted molar refractivity (Wildman–Crippen MR) is 193 cm³/mol. The smallest absolute Gasteiger partial charge is 0.418 e. The molecule has 0 unspecified atom stereocenters. The Balaban J connectivity index is 1.34. The van der Waals surface area contributed by atoms with Crippen molar-refractivity contribution in [3.05, 3.63) is 88.6 Å². The molecule has 1 N–H and O–H groups in total. The third kappa shape index (κ3) is 6.17. The second-order valence-corrected chi connectivity index (χ2v) is 15.6. The van der Waals surface area contributed by atoms with E-state index < -0.39 is 48.7 Å². The van der Waals surface area contributed by atoms with Crippen molar-refractivity contribution in [3.63, 3.8) is 0 Å². The Hall–Kier alpha value is -5.03. The number of aliphatic imine (C=N–C) groups is 2. The van der Waals surface area contributed by atoms with Gasteiger partial charge in [0.1, 0.15) is 18.4 Å². The maximum atomic E-state index is 14.4. The van der Waals surface area contributed by atoms with Gasteiger partial charge in [0.05, 0.1) is 28.1 Å². The Bertz CT molecular complexity index is 2190. The lowest BCUT2D eigenvalue weighted by Gasteiger charge is -2.39. The first kappa shape index (κ1) is 34.4. The molecule has 1 aliphatic carbocycles. The highest BCUT2D eigenvalue weighted by Crippen LogP contribution is 2.46. The van der Waals surface area contributed by atoms with E-state index in [1.165, 1.54) is 6.34 Å². The van der Waals surface area contributed by atoms with Crippen LogP contribution in [0.5, 0.6) is 0 Å². The Labute approximate surface area is 299 Å². The summed E-state index contributed by atoms with van der Waals surface area (Å²) in [6, 6.07) is 15.8. The van der Waals surface area contributed by atoms with E-state index in [1.54, 1.807) is 39.8 Å². The van der Waals surface area contributed by atoms with Gasteiger partial charge in [-0.1, -0.05) is 71.2 Å². The van der Waals surface area contributed by atoms with E-state index in [0.29, 0.717) is 9.75 Å². The normalized spacial score (nSPS) is 17.6. The molecule has 0 saturated heterocycles. The second kappa shape index (κ2) is 13.3. The van der Waals surface area contributed by atoms with Crippen LogP contribution in [0.2, 0.25) is 0 Å². The van der Waals surface area contributed by atoms with E-state index in [0.717, 1.165) is 54.4 Å². The summed E-state index contributed by atoms with van der Waals surface area (Å²) < 4.78 is 18.5. The molecule has 3 aliphatic rings. The maximum Gasteiger partial charge on any atom is 0.418 e. The quantitative estimate of drug-likeness (QED) is 0.159. The minimum atomic E-state index is -1.31. The largest absolute Gasteiger partial charge is 0.448 e. The third-order valence-corrected chi connectivity index (χ3v) is 10.8. The average Bonchev–Trinajstić information content (AvgIpc) is 3.65. The Morgan fingerprint density at radius 2 is 1.71 bits per heavy atom. The molecule has 0 radical (unpaired) electrons. The predicted octanol–water partition coefficient (Wildman–Crippen LogP) is 4.77. The summed E-state index contributed by atoms with van der Waals surface area (Å²) in [5.41, 5.74) is 2.32. The van der Waals surface area contributed by atoms with Crippen LogP contribution >= 0.6 is 22.7 Å². The topological polar surface area (TPSA) is 165 Å². The number of aliphatic hydroxyl groups is 1. The van der Waals surface area contributed by atoms with Crippen LogP contribution in [0.1, 0.15) is 53.7 Å². The van der Waals surface area contributed by atoms with Gasteiger partial charge in [0, 0.05) is 20.0 Å². The van der Waals surface area contributed by atoms with Crippen LogP contribution in [0.25, 0.3) is 11.1 Å². The highest BCUT2D eigenvalue weighted by atomic mass is 32.2. The highest BCUT2D eigenvalue weighted by molar-refractivity contribution is 7.28. The first-order valence-electron chi connectivity index (χ1n) is 16.0. The van der Waals surface area contributed by atoms with Gasteiger partial charge >= 0.3 is 12.1 Å². The molecule has 4 heterocycles. The molecule has 0 fully saturated rings. The number of aliphatic hydroxyl groups excluding tert-OH is 1. The number of carbonyl (C=O) groups excluding carboxylic acids is 2. The van der Waals surface area contributed by atoms with Crippen molar-refractivity contribution in [2.24, 2.45) is 15.4 Å². The minimum absolute atomic E-state index is 0.0518. The van der Waals surface area contributed by atoms with Gasteiger partial charge in [-0.05, 0) is 43.0 Å². The molecule has 0 saturated carbocycles. The number of aromatic nitrogens is 2. The van der Waals surface area contributed by atoms with Gasteiger partial charge in [-0.2, -0.15) is 4.98 Å². The van der Waals surface area contributed by atoms with Gasteiger partial charge in [0.25, 0.3) is 9.62 Å². The van der Waals surface area contributed by atoms with Gasteiger partial charge in [0.2, 0.25) is 5.95 Å². The number of anilines is 1. The lowest BCUT2D eigenvalue weighted by Crippen LogP contribution is -2.53. The van der Waals surface area contributed by atoms with E-state index in [9.17, 15) is 24.3 Å². The van der Waals surface area contributed by atoms with Crippen molar-refractivity contribution in [3.8, 4) is 11.1 Å². The molecule has 7 rings (SSSR count). The summed E-state index contributed by atoms with van der Waals surface area (Å²) >= 11 is 1.78. The van der Waals surface area contributed by atoms with Crippen LogP contribution in [0.15, 0.2) is 68.1 Å². The van der Waals surface area contributed by atoms with Crippen molar-refractivity contribution >= 4 is 64.2 Å². The summed E-state index contributed by atoms with van der Waals surface area (Å²) in [7, 11) is 3.44. The fraction of sp³-hybridized carbons (Fsp3) is 0.343. The summed E-state index contributed by atoms with van der Waals surface area (Å²) in [4.78, 5) is 71.1. The molecule has 0 bridgehead atoms. The Morgan fingerprint density at radius 1 is 1.04 bits per heavy atom. The SMILES string of the molecule is CN(C)/C=N/c1nc2c(c(=O)n1COC(=O)C(C)(C)C)N=C1c3sc(=O)sc3[C@@H](CO)O[C@@H]1N2C(=O)OCC1c2ccccc2-c2ccccc21. The molecule has 2 aromatic heterocycles. The third-order valence-electron chi connectivity index (χ3n) is 8.50. The summed E-state index contributed by atoms with van der Waals surface area (Å²) in [5, 5.41) is 10.3. The van der Waals surface area contributed by atoms with E-state index in [-0.39, 0.29) is 39.7 Å². The molecule has 2 aliphatic heterocycles. The zero-order chi connectivity index (χ0) is 36.2. The molecule has 0 spiro atoms. The fourth-order valence-electron chi connectivity index (χ4n) is 6.08. The van der Waals surface area contributed by atoms with E-state index >= 15 is 0 Å². The average molecular weight is 731 g/mol. The first-order chi connectivity index (χ1) is 24.4. The number of rotatable bonds is 7. The molecule has 1 amide bonds. The maximum absolute atomic E-state index is 14.4. The van der Waals surface area contributed by atoms with Gasteiger partial charge in [-0.25, -0.2) is 24.2 Å². The Kier molecular flexibility index (Phi) is 8.95. The van der Waals surface area contributed by atoms with E-state index in [4.69, 9.17) is 14.2 Å². The molecule has 51 heavy (non-hydrogen) atoms. The number of benzene rings is 2. The lowest BCUT2D eigenvalue weighted by atomic mass is 9.98. The number of fused-ring (bicyclic) bond motifs is 7. The molecule has 4 aromatic rings. The van der Waals surface area contributed by atoms with Crippen LogP contribution in [-0.4, -0.2) is 77.2 Å². The van der Waals surface area contributed by atoms with Crippen LogP contribution < -0.4 is 14.5 Å².